The number of carbonyl (C=O) groups is 1. The van der Waals surface area contributed by atoms with Crippen LogP contribution in [0.1, 0.15) is 15.9 Å². The van der Waals surface area contributed by atoms with Crippen LogP contribution in [0.25, 0.3) is 0 Å². The second-order valence-corrected chi connectivity index (χ2v) is 4.09. The molecule has 0 atom stereocenters. The van der Waals surface area contributed by atoms with Gasteiger partial charge in [0.05, 0.1) is 11.8 Å². The molecular formula is C14H15N3O2. The Morgan fingerprint density at radius 1 is 1.37 bits per heavy atom. The van der Waals surface area contributed by atoms with Crippen LogP contribution in [0, 0.1) is 0 Å². The van der Waals surface area contributed by atoms with Crippen molar-refractivity contribution in [1.82, 2.24) is 4.98 Å². The number of pyridine rings is 1. The first-order valence-electron chi connectivity index (χ1n) is 5.84. The average Bonchev–Trinajstić information content (AvgIpc) is 2.46. The number of benzene rings is 1. The zero-order chi connectivity index (χ0) is 13.8. The first kappa shape index (κ1) is 13.0. The van der Waals surface area contributed by atoms with E-state index in [0.717, 1.165) is 11.3 Å². The van der Waals surface area contributed by atoms with Gasteiger partial charge in [-0.1, -0.05) is 18.2 Å². The lowest BCUT2D eigenvalue weighted by atomic mass is 10.1. The molecule has 98 valence electrons. The second-order valence-electron chi connectivity index (χ2n) is 4.09. The van der Waals surface area contributed by atoms with E-state index in [0.29, 0.717) is 6.54 Å². The van der Waals surface area contributed by atoms with Crippen molar-refractivity contribution in [3.05, 3.63) is 53.9 Å². The highest BCUT2D eigenvalue weighted by Gasteiger charge is 2.18. The van der Waals surface area contributed by atoms with Crippen LogP contribution in [-0.4, -0.2) is 23.0 Å². The van der Waals surface area contributed by atoms with Crippen molar-refractivity contribution in [2.24, 2.45) is 5.73 Å². The fourth-order valence-electron chi connectivity index (χ4n) is 1.87. The van der Waals surface area contributed by atoms with Crippen LogP contribution in [-0.2, 0) is 6.54 Å². The number of rotatable bonds is 3. The summed E-state index contributed by atoms with van der Waals surface area (Å²) in [5.41, 5.74) is 7.47. The summed E-state index contributed by atoms with van der Waals surface area (Å²) in [7, 11) is 1.65. The van der Waals surface area contributed by atoms with Crippen molar-refractivity contribution in [2.45, 2.75) is 6.54 Å². The third-order valence-corrected chi connectivity index (χ3v) is 2.91. The van der Waals surface area contributed by atoms with E-state index in [1.165, 1.54) is 23.4 Å². The van der Waals surface area contributed by atoms with Gasteiger partial charge < -0.3 is 15.7 Å². The van der Waals surface area contributed by atoms with Gasteiger partial charge in [0.25, 0.3) is 5.91 Å². The third-order valence-electron chi connectivity index (χ3n) is 2.91. The van der Waals surface area contributed by atoms with Crippen LogP contribution in [0.3, 0.4) is 0 Å². The number of nitrogens with two attached hydrogens (primary N) is 1. The highest BCUT2D eigenvalue weighted by atomic mass is 16.3. The van der Waals surface area contributed by atoms with E-state index in [9.17, 15) is 9.90 Å². The van der Waals surface area contributed by atoms with Crippen molar-refractivity contribution in [3.8, 4) is 5.75 Å². The van der Waals surface area contributed by atoms with Crippen LogP contribution in [0.5, 0.6) is 5.75 Å². The molecule has 0 spiro atoms. The number of hydrogen-bond acceptors (Lipinski definition) is 4. The zero-order valence-electron chi connectivity index (χ0n) is 10.6. The Balaban J connectivity index is 2.37. The molecule has 0 unspecified atom stereocenters. The molecule has 2 rings (SSSR count). The van der Waals surface area contributed by atoms with Crippen LogP contribution >= 0.6 is 0 Å². The minimum atomic E-state index is -0.305. The molecule has 0 fully saturated rings. The molecular weight excluding hydrogens is 242 g/mol. The van der Waals surface area contributed by atoms with E-state index in [1.807, 2.05) is 24.3 Å². The predicted octanol–water partition coefficient (Wildman–Crippen LogP) is 1.52. The molecule has 1 aromatic carbocycles. The molecule has 2 aromatic rings. The molecule has 1 amide bonds. The lowest BCUT2D eigenvalue weighted by molar-refractivity contribution is 0.0990. The molecule has 0 radical (unpaired) electrons. The number of anilines is 1. The summed E-state index contributed by atoms with van der Waals surface area (Å²) in [5, 5.41) is 9.67. The van der Waals surface area contributed by atoms with Crippen LogP contribution < -0.4 is 10.6 Å². The van der Waals surface area contributed by atoms with Gasteiger partial charge in [-0.2, -0.15) is 0 Å². The lowest BCUT2D eigenvalue weighted by Gasteiger charge is -2.20. The van der Waals surface area contributed by atoms with Crippen molar-refractivity contribution in [3.63, 3.8) is 0 Å². The van der Waals surface area contributed by atoms with Gasteiger partial charge in [-0.25, -0.2) is 0 Å². The summed E-state index contributed by atoms with van der Waals surface area (Å²) >= 11 is 0. The quantitative estimate of drug-likeness (QED) is 0.873. The van der Waals surface area contributed by atoms with Gasteiger partial charge in [0, 0.05) is 25.5 Å². The molecule has 0 aliphatic carbocycles. The standard InChI is InChI=1S/C14H15N3O2/c1-17(12-5-3-2-4-10(12)8-15)14(19)11-6-7-16-9-13(11)18/h2-7,9,18H,8,15H2,1H3. The number of aromatic hydroxyl groups is 1. The SMILES string of the molecule is CN(C(=O)c1ccncc1O)c1ccccc1CN. The topological polar surface area (TPSA) is 79.5 Å². The van der Waals surface area contributed by atoms with Gasteiger partial charge in [-0.15, -0.1) is 0 Å². The maximum atomic E-state index is 12.3. The zero-order valence-corrected chi connectivity index (χ0v) is 10.6. The molecule has 5 nitrogen and oxygen atoms in total. The maximum Gasteiger partial charge on any atom is 0.261 e. The molecule has 19 heavy (non-hydrogen) atoms. The number of para-hydroxylation sites is 1. The fourth-order valence-corrected chi connectivity index (χ4v) is 1.87. The predicted molar refractivity (Wildman–Crippen MR) is 73.0 cm³/mol. The van der Waals surface area contributed by atoms with E-state index < -0.39 is 0 Å². The highest BCUT2D eigenvalue weighted by Crippen LogP contribution is 2.23. The molecule has 0 bridgehead atoms. The smallest absolute Gasteiger partial charge is 0.261 e. The van der Waals surface area contributed by atoms with Crippen molar-refractivity contribution < 1.29 is 9.90 Å². The molecule has 5 heteroatoms. The van der Waals surface area contributed by atoms with Crippen LogP contribution in [0.4, 0.5) is 5.69 Å². The summed E-state index contributed by atoms with van der Waals surface area (Å²) in [6.07, 6.45) is 2.71. The van der Waals surface area contributed by atoms with E-state index in [-0.39, 0.29) is 17.2 Å². The summed E-state index contributed by atoms with van der Waals surface area (Å²) < 4.78 is 0. The molecule has 0 aliphatic rings. The second kappa shape index (κ2) is 5.49. The van der Waals surface area contributed by atoms with Gasteiger partial charge in [0.15, 0.2) is 0 Å². The summed E-state index contributed by atoms with van der Waals surface area (Å²) in [5.74, 6) is -0.439. The van der Waals surface area contributed by atoms with E-state index in [1.54, 1.807) is 7.05 Å². The van der Waals surface area contributed by atoms with Crippen LogP contribution in [0.2, 0.25) is 0 Å². The fraction of sp³-hybridized carbons (Fsp3) is 0.143. The molecule has 1 heterocycles. The van der Waals surface area contributed by atoms with Gasteiger partial charge in [0.2, 0.25) is 0 Å². The van der Waals surface area contributed by atoms with E-state index >= 15 is 0 Å². The minimum Gasteiger partial charge on any atom is -0.505 e. The lowest BCUT2D eigenvalue weighted by Crippen LogP contribution is -2.27. The van der Waals surface area contributed by atoms with Crippen molar-refractivity contribution in [1.29, 1.82) is 0 Å². The Kier molecular flexibility index (Phi) is 3.77. The Bertz CT molecular complexity index is 599. The maximum absolute atomic E-state index is 12.3. The molecule has 0 aliphatic heterocycles. The average molecular weight is 257 g/mol. The summed E-state index contributed by atoms with van der Waals surface area (Å²) in [6.45, 7) is 0.343. The first-order valence-corrected chi connectivity index (χ1v) is 5.84. The first-order chi connectivity index (χ1) is 9.15. The van der Waals surface area contributed by atoms with Gasteiger partial charge in [-0.05, 0) is 17.7 Å². The van der Waals surface area contributed by atoms with Crippen molar-refractivity contribution in [2.75, 3.05) is 11.9 Å². The number of aromatic nitrogens is 1. The van der Waals surface area contributed by atoms with Crippen LogP contribution in [0.15, 0.2) is 42.7 Å². The molecule has 0 saturated heterocycles. The largest absolute Gasteiger partial charge is 0.505 e. The Hall–Kier alpha value is -2.40. The molecule has 1 aromatic heterocycles. The number of nitrogens with zero attached hydrogens (tertiary/aromatic N) is 2. The van der Waals surface area contributed by atoms with E-state index in [4.69, 9.17) is 5.73 Å². The van der Waals surface area contributed by atoms with Gasteiger partial charge >= 0.3 is 0 Å². The normalized spacial score (nSPS) is 10.2. The minimum absolute atomic E-state index is 0.135. The monoisotopic (exact) mass is 257 g/mol. The number of amides is 1. The molecule has 3 N–H and O–H groups in total. The summed E-state index contributed by atoms with van der Waals surface area (Å²) in [6, 6.07) is 8.88. The van der Waals surface area contributed by atoms with Crippen molar-refractivity contribution >= 4 is 11.6 Å². The third kappa shape index (κ3) is 2.56. The number of hydrogen-bond donors (Lipinski definition) is 2. The van der Waals surface area contributed by atoms with Gasteiger partial charge in [0.1, 0.15) is 5.75 Å². The highest BCUT2D eigenvalue weighted by molar-refractivity contribution is 6.07. The Morgan fingerprint density at radius 2 is 2.11 bits per heavy atom. The van der Waals surface area contributed by atoms with E-state index in [2.05, 4.69) is 4.98 Å². The summed E-state index contributed by atoms with van der Waals surface area (Å²) in [4.78, 5) is 17.6. The van der Waals surface area contributed by atoms with Gasteiger partial charge in [-0.3, -0.25) is 9.78 Å². The number of carbonyl (C=O) groups excluding carboxylic acids is 1. The molecule has 0 saturated carbocycles. The Labute approximate surface area is 111 Å². The Morgan fingerprint density at radius 3 is 2.79 bits per heavy atom.